The number of sulfonamides is 1. The van der Waals surface area contributed by atoms with Crippen molar-refractivity contribution >= 4 is 27.7 Å². The highest BCUT2D eigenvalue weighted by Gasteiger charge is 2.26. The summed E-state index contributed by atoms with van der Waals surface area (Å²) >= 11 is 0. The number of carbonyl (C=O) groups excluding carboxylic acids is 2. The Morgan fingerprint density at radius 2 is 1.70 bits per heavy atom. The van der Waals surface area contributed by atoms with Crippen LogP contribution in [0.15, 0.2) is 47.4 Å². The fraction of sp³-hybridized carbons (Fsp3) is 0.391. The van der Waals surface area contributed by atoms with Gasteiger partial charge < -0.3 is 20.1 Å². The molecule has 0 heterocycles. The molecule has 0 saturated heterocycles. The van der Waals surface area contributed by atoms with Gasteiger partial charge in [0.25, 0.3) is 0 Å². The average molecular weight is 478 g/mol. The number of unbranched alkanes of at least 4 members (excludes halogenated alkanes) is 1. The Labute approximate surface area is 194 Å². The quantitative estimate of drug-likeness (QED) is 0.338. The SMILES string of the molecule is COC(=O)C(CCCCNC(=O)Nc1ccc(OC)cc1C)NS(=O)(=O)c1ccc(C)cc1. The fourth-order valence-electron chi connectivity index (χ4n) is 3.09. The van der Waals surface area contributed by atoms with Gasteiger partial charge in [0.15, 0.2) is 0 Å². The van der Waals surface area contributed by atoms with E-state index in [-0.39, 0.29) is 17.3 Å². The van der Waals surface area contributed by atoms with Gasteiger partial charge in [-0.1, -0.05) is 17.7 Å². The summed E-state index contributed by atoms with van der Waals surface area (Å²) < 4.78 is 37.5. The van der Waals surface area contributed by atoms with E-state index >= 15 is 0 Å². The van der Waals surface area contributed by atoms with Crippen LogP contribution in [0.2, 0.25) is 0 Å². The highest BCUT2D eigenvalue weighted by molar-refractivity contribution is 7.89. The summed E-state index contributed by atoms with van der Waals surface area (Å²) in [5.41, 5.74) is 2.47. The zero-order valence-electron chi connectivity index (χ0n) is 19.3. The molecular formula is C23H31N3O6S. The molecular weight excluding hydrogens is 446 g/mol. The molecule has 0 radical (unpaired) electrons. The monoisotopic (exact) mass is 477 g/mol. The molecule has 1 unspecified atom stereocenters. The highest BCUT2D eigenvalue weighted by atomic mass is 32.2. The van der Waals surface area contributed by atoms with E-state index in [0.717, 1.165) is 11.1 Å². The lowest BCUT2D eigenvalue weighted by Crippen LogP contribution is -2.41. The first kappa shape index (κ1) is 26.1. The number of benzene rings is 2. The van der Waals surface area contributed by atoms with Crippen LogP contribution in [-0.2, 0) is 19.6 Å². The van der Waals surface area contributed by atoms with Crippen molar-refractivity contribution in [3.05, 3.63) is 53.6 Å². The van der Waals surface area contributed by atoms with Gasteiger partial charge in [-0.2, -0.15) is 4.72 Å². The van der Waals surface area contributed by atoms with Crippen LogP contribution in [0.25, 0.3) is 0 Å². The minimum atomic E-state index is -3.87. The van der Waals surface area contributed by atoms with Gasteiger partial charge in [0, 0.05) is 12.2 Å². The van der Waals surface area contributed by atoms with Crippen molar-refractivity contribution in [1.82, 2.24) is 10.0 Å². The summed E-state index contributed by atoms with van der Waals surface area (Å²) in [7, 11) is -1.08. The molecule has 0 saturated carbocycles. The summed E-state index contributed by atoms with van der Waals surface area (Å²) in [5, 5.41) is 5.52. The van der Waals surface area contributed by atoms with E-state index in [2.05, 4.69) is 15.4 Å². The number of aryl methyl sites for hydroxylation is 2. The van der Waals surface area contributed by atoms with E-state index in [9.17, 15) is 18.0 Å². The topological polar surface area (TPSA) is 123 Å². The normalized spacial score (nSPS) is 12.0. The van der Waals surface area contributed by atoms with Crippen molar-refractivity contribution in [2.24, 2.45) is 0 Å². The third kappa shape index (κ3) is 8.07. The van der Waals surface area contributed by atoms with E-state index in [4.69, 9.17) is 9.47 Å². The van der Waals surface area contributed by atoms with Crippen LogP contribution in [0.5, 0.6) is 5.75 Å². The summed E-state index contributed by atoms with van der Waals surface area (Å²) in [6.07, 6.45) is 1.28. The van der Waals surface area contributed by atoms with Crippen molar-refractivity contribution in [3.8, 4) is 5.75 Å². The van der Waals surface area contributed by atoms with E-state index in [0.29, 0.717) is 30.8 Å². The van der Waals surface area contributed by atoms with Crippen LogP contribution < -0.4 is 20.1 Å². The first-order valence-corrected chi connectivity index (χ1v) is 12.0. The minimum Gasteiger partial charge on any atom is -0.497 e. The largest absolute Gasteiger partial charge is 0.497 e. The van der Waals surface area contributed by atoms with Crippen LogP contribution in [0.4, 0.5) is 10.5 Å². The lowest BCUT2D eigenvalue weighted by Gasteiger charge is -2.17. The third-order valence-electron chi connectivity index (χ3n) is 5.00. The molecule has 0 aliphatic rings. The highest BCUT2D eigenvalue weighted by Crippen LogP contribution is 2.20. The van der Waals surface area contributed by atoms with Crippen LogP contribution in [-0.4, -0.2) is 47.2 Å². The third-order valence-corrected chi connectivity index (χ3v) is 6.49. The summed E-state index contributed by atoms with van der Waals surface area (Å²) in [6, 6.07) is 10.3. The average Bonchev–Trinajstić information content (AvgIpc) is 2.79. The smallest absolute Gasteiger partial charge is 0.323 e. The Kier molecular flexibility index (Phi) is 9.68. The second kappa shape index (κ2) is 12.2. The molecule has 3 N–H and O–H groups in total. The van der Waals surface area contributed by atoms with Gasteiger partial charge in [-0.25, -0.2) is 13.2 Å². The Morgan fingerprint density at radius 3 is 2.30 bits per heavy atom. The standard InChI is InChI=1S/C23H31N3O6S/c1-16-8-11-19(12-9-16)33(29,30)26-21(22(27)32-4)7-5-6-14-24-23(28)25-20-13-10-18(31-3)15-17(20)2/h8-13,15,21,26H,5-7,14H2,1-4H3,(H2,24,25,28). The number of rotatable bonds is 11. The second-order valence-corrected chi connectivity index (χ2v) is 9.28. The number of hydrogen-bond donors (Lipinski definition) is 3. The van der Waals surface area contributed by atoms with Gasteiger partial charge in [-0.3, -0.25) is 4.79 Å². The number of ether oxygens (including phenoxy) is 2. The van der Waals surface area contributed by atoms with Crippen LogP contribution in [0.3, 0.4) is 0 Å². The van der Waals surface area contributed by atoms with Crippen molar-refractivity contribution in [2.45, 2.75) is 44.0 Å². The summed E-state index contributed by atoms with van der Waals surface area (Å²) in [5.74, 6) is 0.0444. The lowest BCUT2D eigenvalue weighted by atomic mass is 10.1. The predicted molar refractivity (Wildman–Crippen MR) is 126 cm³/mol. The molecule has 33 heavy (non-hydrogen) atoms. The first-order valence-electron chi connectivity index (χ1n) is 10.5. The van der Waals surface area contributed by atoms with E-state index in [1.165, 1.54) is 19.2 Å². The Hall–Kier alpha value is -3.11. The van der Waals surface area contributed by atoms with Gasteiger partial charge in [-0.15, -0.1) is 0 Å². The number of amides is 2. The first-order chi connectivity index (χ1) is 15.7. The molecule has 0 spiro atoms. The summed E-state index contributed by atoms with van der Waals surface area (Å²) in [6.45, 7) is 4.08. The molecule has 0 aromatic heterocycles. The predicted octanol–water partition coefficient (Wildman–Crippen LogP) is 3.12. The molecule has 0 fully saturated rings. The Balaban J connectivity index is 1.82. The van der Waals surface area contributed by atoms with Crippen LogP contribution in [0, 0.1) is 13.8 Å². The molecule has 0 bridgehead atoms. The van der Waals surface area contributed by atoms with Gasteiger partial charge in [0.1, 0.15) is 11.8 Å². The van der Waals surface area contributed by atoms with E-state index in [1.807, 2.05) is 19.9 Å². The van der Waals surface area contributed by atoms with Crippen molar-refractivity contribution in [1.29, 1.82) is 0 Å². The number of anilines is 1. The van der Waals surface area contributed by atoms with E-state index < -0.39 is 22.0 Å². The molecule has 180 valence electrons. The molecule has 0 aliphatic heterocycles. The minimum absolute atomic E-state index is 0.0779. The molecule has 10 heteroatoms. The molecule has 9 nitrogen and oxygen atoms in total. The van der Waals surface area contributed by atoms with Crippen LogP contribution in [0.1, 0.15) is 30.4 Å². The maximum absolute atomic E-state index is 12.6. The van der Waals surface area contributed by atoms with Crippen molar-refractivity contribution < 1.29 is 27.5 Å². The summed E-state index contributed by atoms with van der Waals surface area (Å²) in [4.78, 5) is 24.3. The van der Waals surface area contributed by atoms with Crippen LogP contribution >= 0.6 is 0 Å². The fourth-order valence-corrected chi connectivity index (χ4v) is 4.30. The van der Waals surface area contributed by atoms with Gasteiger partial charge in [0.2, 0.25) is 10.0 Å². The number of urea groups is 1. The van der Waals surface area contributed by atoms with Gasteiger partial charge >= 0.3 is 12.0 Å². The maximum atomic E-state index is 12.6. The molecule has 2 aromatic carbocycles. The van der Waals surface area contributed by atoms with Gasteiger partial charge in [-0.05, 0) is 69.0 Å². The number of methoxy groups -OCH3 is 2. The Bertz CT molecular complexity index is 1050. The number of hydrogen-bond acceptors (Lipinski definition) is 6. The lowest BCUT2D eigenvalue weighted by molar-refractivity contribution is -0.142. The number of esters is 1. The molecule has 2 rings (SSSR count). The molecule has 1 atom stereocenters. The number of nitrogens with one attached hydrogen (secondary N) is 3. The van der Waals surface area contributed by atoms with Gasteiger partial charge in [0.05, 0.1) is 19.1 Å². The molecule has 2 amide bonds. The number of carbonyl (C=O) groups is 2. The molecule has 2 aromatic rings. The second-order valence-electron chi connectivity index (χ2n) is 7.57. The van der Waals surface area contributed by atoms with E-state index in [1.54, 1.807) is 31.4 Å². The van der Waals surface area contributed by atoms with Crippen molar-refractivity contribution in [3.63, 3.8) is 0 Å². The molecule has 0 aliphatic carbocycles. The zero-order valence-corrected chi connectivity index (χ0v) is 20.1. The zero-order chi connectivity index (χ0) is 24.4. The maximum Gasteiger partial charge on any atom is 0.323 e. The van der Waals surface area contributed by atoms with Crippen molar-refractivity contribution in [2.75, 3.05) is 26.1 Å². The Morgan fingerprint density at radius 1 is 1.00 bits per heavy atom.